The third-order valence-corrected chi connectivity index (χ3v) is 6.16. The number of benzene rings is 2. The topological polar surface area (TPSA) is 77.2 Å². The summed E-state index contributed by atoms with van der Waals surface area (Å²) in [4.78, 5) is 12.5. The number of furan rings is 1. The van der Waals surface area contributed by atoms with Crippen LogP contribution in [0.1, 0.15) is 23.1 Å². The molecule has 4 aromatic rings. The molecule has 6 nitrogen and oxygen atoms in total. The van der Waals surface area contributed by atoms with Crippen molar-refractivity contribution in [1.29, 1.82) is 0 Å². The van der Waals surface area contributed by atoms with Gasteiger partial charge in [-0.05, 0) is 50.1 Å². The van der Waals surface area contributed by atoms with Crippen LogP contribution in [0.2, 0.25) is 0 Å². The molecule has 0 fully saturated rings. The molecule has 1 N–H and O–H groups in total. The van der Waals surface area contributed by atoms with Crippen LogP contribution in [0, 0.1) is 13.8 Å². The predicted octanol–water partition coefficient (Wildman–Crippen LogP) is 6.38. The van der Waals surface area contributed by atoms with Gasteiger partial charge in [-0.15, -0.1) is 10.2 Å². The van der Waals surface area contributed by atoms with E-state index in [1.807, 2.05) is 51.1 Å². The fourth-order valence-corrected chi connectivity index (χ4v) is 4.51. The van der Waals surface area contributed by atoms with Crippen LogP contribution in [-0.2, 0) is 4.79 Å². The third kappa shape index (κ3) is 4.26. The third-order valence-electron chi connectivity index (χ3n) is 4.91. The molecule has 0 bridgehead atoms. The standard InChI is InChI=1S/C23H20BrN3O3S/c1-12(8-20(28)25-23-27-26-14(3)31-23)17-10-18-19(15-6-5-7-16(24)9-15)11-30-22(18)13(2)21(17)29-4/h5-11H,1-4H3,(H,25,27,28)/b12-8+. The van der Waals surface area contributed by atoms with Gasteiger partial charge in [0.25, 0.3) is 0 Å². The highest BCUT2D eigenvalue weighted by Crippen LogP contribution is 2.41. The van der Waals surface area contributed by atoms with E-state index in [1.165, 1.54) is 11.3 Å². The van der Waals surface area contributed by atoms with Crippen molar-refractivity contribution in [3.8, 4) is 16.9 Å². The second kappa shape index (κ2) is 8.64. The number of carbonyl (C=O) groups is 1. The molecule has 0 radical (unpaired) electrons. The average Bonchev–Trinajstić information content (AvgIpc) is 3.33. The van der Waals surface area contributed by atoms with E-state index in [9.17, 15) is 4.79 Å². The number of hydrogen-bond donors (Lipinski definition) is 1. The number of aryl methyl sites for hydroxylation is 2. The predicted molar refractivity (Wildman–Crippen MR) is 128 cm³/mol. The van der Waals surface area contributed by atoms with Crippen LogP contribution in [0.5, 0.6) is 5.75 Å². The van der Waals surface area contributed by atoms with Crippen LogP contribution in [0.15, 0.2) is 51.6 Å². The van der Waals surface area contributed by atoms with Gasteiger partial charge in [-0.3, -0.25) is 10.1 Å². The lowest BCUT2D eigenvalue weighted by molar-refractivity contribution is -0.111. The van der Waals surface area contributed by atoms with Gasteiger partial charge >= 0.3 is 0 Å². The van der Waals surface area contributed by atoms with E-state index in [4.69, 9.17) is 9.15 Å². The molecule has 0 spiro atoms. The van der Waals surface area contributed by atoms with E-state index in [1.54, 1.807) is 19.4 Å². The second-order valence-electron chi connectivity index (χ2n) is 7.06. The molecule has 2 aromatic heterocycles. The van der Waals surface area contributed by atoms with Gasteiger partial charge in [0.05, 0.1) is 13.4 Å². The quantitative estimate of drug-likeness (QED) is 0.323. The summed E-state index contributed by atoms with van der Waals surface area (Å²) in [6, 6.07) is 10.1. The number of carbonyl (C=O) groups excluding carboxylic acids is 1. The van der Waals surface area contributed by atoms with E-state index in [0.29, 0.717) is 10.9 Å². The Balaban J connectivity index is 1.79. The normalized spacial score (nSPS) is 11.7. The first-order valence-corrected chi connectivity index (χ1v) is 11.1. The summed E-state index contributed by atoms with van der Waals surface area (Å²) in [6.45, 7) is 5.67. The first kappa shape index (κ1) is 21.3. The molecule has 0 aliphatic carbocycles. The Labute approximate surface area is 192 Å². The lowest BCUT2D eigenvalue weighted by Crippen LogP contribution is -2.08. The zero-order valence-corrected chi connectivity index (χ0v) is 19.8. The van der Waals surface area contributed by atoms with Gasteiger partial charge in [-0.2, -0.15) is 0 Å². The van der Waals surface area contributed by atoms with Crippen molar-refractivity contribution in [3.63, 3.8) is 0 Å². The number of nitrogens with zero attached hydrogens (tertiary/aromatic N) is 2. The number of ether oxygens (including phenoxy) is 1. The van der Waals surface area contributed by atoms with Crippen LogP contribution in [0.3, 0.4) is 0 Å². The Morgan fingerprint density at radius 1 is 1.26 bits per heavy atom. The lowest BCUT2D eigenvalue weighted by Gasteiger charge is -2.13. The SMILES string of the molecule is COc1c(/C(C)=C/C(=O)Nc2nnc(C)s2)cc2c(-c3cccc(Br)c3)coc2c1C. The highest BCUT2D eigenvalue weighted by atomic mass is 79.9. The van der Waals surface area contributed by atoms with E-state index in [0.717, 1.165) is 48.3 Å². The molecule has 0 atom stereocenters. The molecule has 8 heteroatoms. The molecule has 2 heterocycles. The number of rotatable bonds is 5. The Morgan fingerprint density at radius 3 is 2.74 bits per heavy atom. The van der Waals surface area contributed by atoms with Crippen molar-refractivity contribution in [1.82, 2.24) is 10.2 Å². The minimum atomic E-state index is -0.270. The Bertz CT molecular complexity index is 1320. The summed E-state index contributed by atoms with van der Waals surface area (Å²) in [5.41, 5.74) is 5.25. The number of hydrogen-bond acceptors (Lipinski definition) is 6. The number of allylic oxidation sites excluding steroid dienone is 1. The van der Waals surface area contributed by atoms with Gasteiger partial charge < -0.3 is 9.15 Å². The first-order chi connectivity index (χ1) is 14.9. The van der Waals surface area contributed by atoms with Gasteiger partial charge in [-0.1, -0.05) is 39.4 Å². The average molecular weight is 498 g/mol. The maximum Gasteiger partial charge on any atom is 0.250 e. The van der Waals surface area contributed by atoms with E-state index >= 15 is 0 Å². The van der Waals surface area contributed by atoms with Gasteiger partial charge in [0.1, 0.15) is 16.3 Å². The number of amides is 1. The van der Waals surface area contributed by atoms with Crippen LogP contribution in [-0.4, -0.2) is 23.2 Å². The molecule has 4 rings (SSSR count). The minimum absolute atomic E-state index is 0.270. The number of methoxy groups -OCH3 is 1. The summed E-state index contributed by atoms with van der Waals surface area (Å²) >= 11 is 4.86. The first-order valence-electron chi connectivity index (χ1n) is 9.52. The number of aromatic nitrogens is 2. The molecular formula is C23H20BrN3O3S. The highest BCUT2D eigenvalue weighted by molar-refractivity contribution is 9.10. The van der Waals surface area contributed by atoms with Crippen molar-refractivity contribution in [2.75, 3.05) is 12.4 Å². The van der Waals surface area contributed by atoms with Gasteiger partial charge in [0, 0.05) is 32.6 Å². The van der Waals surface area contributed by atoms with Crippen molar-refractivity contribution in [3.05, 3.63) is 63.3 Å². The molecule has 0 saturated heterocycles. The second-order valence-corrected chi connectivity index (χ2v) is 9.16. The highest BCUT2D eigenvalue weighted by Gasteiger charge is 2.19. The molecule has 31 heavy (non-hydrogen) atoms. The number of anilines is 1. The van der Waals surface area contributed by atoms with Crippen LogP contribution < -0.4 is 10.1 Å². The van der Waals surface area contributed by atoms with Crippen LogP contribution in [0.4, 0.5) is 5.13 Å². The van der Waals surface area contributed by atoms with Crippen molar-refractivity contribution < 1.29 is 13.9 Å². The van der Waals surface area contributed by atoms with E-state index in [-0.39, 0.29) is 5.91 Å². The maximum absolute atomic E-state index is 12.5. The fourth-order valence-electron chi connectivity index (χ4n) is 3.51. The van der Waals surface area contributed by atoms with Gasteiger partial charge in [-0.25, -0.2) is 0 Å². The Hall–Kier alpha value is -2.97. The van der Waals surface area contributed by atoms with Crippen molar-refractivity contribution in [2.24, 2.45) is 0 Å². The lowest BCUT2D eigenvalue weighted by atomic mass is 9.96. The molecule has 0 aliphatic rings. The van der Waals surface area contributed by atoms with E-state index < -0.39 is 0 Å². The van der Waals surface area contributed by atoms with Gasteiger partial charge in [0.2, 0.25) is 11.0 Å². The smallest absolute Gasteiger partial charge is 0.250 e. The monoisotopic (exact) mass is 497 g/mol. The Morgan fingerprint density at radius 2 is 2.06 bits per heavy atom. The van der Waals surface area contributed by atoms with E-state index in [2.05, 4.69) is 31.4 Å². The molecule has 2 aromatic carbocycles. The molecule has 1 amide bonds. The van der Waals surface area contributed by atoms with Gasteiger partial charge in [0.15, 0.2) is 0 Å². The Kier molecular flexibility index (Phi) is 5.93. The number of fused-ring (bicyclic) bond motifs is 1. The molecule has 0 unspecified atom stereocenters. The van der Waals surface area contributed by atoms with Crippen LogP contribution in [0.25, 0.3) is 27.7 Å². The van der Waals surface area contributed by atoms with Crippen LogP contribution >= 0.6 is 27.3 Å². The molecule has 0 aliphatic heterocycles. The molecule has 0 saturated carbocycles. The van der Waals surface area contributed by atoms with Crippen molar-refractivity contribution >= 4 is 54.8 Å². The largest absolute Gasteiger partial charge is 0.496 e. The number of halogens is 1. The summed E-state index contributed by atoms with van der Waals surface area (Å²) in [6.07, 6.45) is 3.30. The van der Waals surface area contributed by atoms with Crippen molar-refractivity contribution in [2.45, 2.75) is 20.8 Å². The summed E-state index contributed by atoms with van der Waals surface area (Å²) in [7, 11) is 1.62. The summed E-state index contributed by atoms with van der Waals surface area (Å²) < 4.78 is 12.6. The number of nitrogens with one attached hydrogen (secondary N) is 1. The minimum Gasteiger partial charge on any atom is -0.496 e. The molecule has 158 valence electrons. The maximum atomic E-state index is 12.5. The summed E-state index contributed by atoms with van der Waals surface area (Å²) in [5, 5.41) is 12.8. The zero-order valence-electron chi connectivity index (χ0n) is 17.4. The molecular weight excluding hydrogens is 478 g/mol. The fraction of sp³-hybridized carbons (Fsp3) is 0.174. The zero-order chi connectivity index (χ0) is 22.1. The summed E-state index contributed by atoms with van der Waals surface area (Å²) in [5.74, 6) is 0.406.